The van der Waals surface area contributed by atoms with E-state index in [1.807, 2.05) is 30.3 Å². The Morgan fingerprint density at radius 3 is 1.65 bits per heavy atom. The van der Waals surface area contributed by atoms with Crippen LogP contribution in [0, 0.1) is 0 Å². The van der Waals surface area contributed by atoms with Crippen molar-refractivity contribution < 1.29 is 4.42 Å². The zero-order chi connectivity index (χ0) is 39.6. The van der Waals surface area contributed by atoms with Gasteiger partial charge in [-0.2, -0.15) is 0 Å². The van der Waals surface area contributed by atoms with Gasteiger partial charge in [0.1, 0.15) is 11.2 Å². The van der Waals surface area contributed by atoms with Crippen LogP contribution in [0.1, 0.15) is 22.3 Å². The predicted molar refractivity (Wildman–Crippen MR) is 244 cm³/mol. The highest BCUT2D eigenvalue weighted by Gasteiger charge is 2.46. The van der Waals surface area contributed by atoms with Gasteiger partial charge in [-0.3, -0.25) is 0 Å². The van der Waals surface area contributed by atoms with Crippen LogP contribution < -0.4 is 0 Å². The molecule has 0 atom stereocenters. The lowest BCUT2D eigenvalue weighted by molar-refractivity contribution is 0.665. The lowest BCUT2D eigenvalue weighted by Crippen LogP contribution is -2.28. The summed E-state index contributed by atoms with van der Waals surface area (Å²) in [5.74, 6) is 1.88. The third kappa shape index (κ3) is 5.28. The molecular formula is C56H35N3O. The quantitative estimate of drug-likeness (QED) is 0.169. The van der Waals surface area contributed by atoms with Crippen LogP contribution in [0.4, 0.5) is 0 Å². The second-order valence-electron chi connectivity index (χ2n) is 15.5. The minimum atomic E-state index is -0.499. The van der Waals surface area contributed by atoms with Crippen LogP contribution in [0.25, 0.3) is 89.1 Å². The number of aromatic nitrogens is 3. The molecular weight excluding hydrogens is 731 g/mol. The van der Waals surface area contributed by atoms with E-state index in [0.717, 1.165) is 55.1 Å². The molecule has 2 aromatic heterocycles. The van der Waals surface area contributed by atoms with E-state index in [1.54, 1.807) is 0 Å². The van der Waals surface area contributed by atoms with E-state index >= 15 is 0 Å². The van der Waals surface area contributed by atoms with Gasteiger partial charge in [-0.1, -0.05) is 188 Å². The van der Waals surface area contributed by atoms with Crippen molar-refractivity contribution in [3.05, 3.63) is 235 Å². The molecule has 0 aliphatic heterocycles. The Labute approximate surface area is 347 Å². The van der Waals surface area contributed by atoms with E-state index in [9.17, 15) is 0 Å². The summed E-state index contributed by atoms with van der Waals surface area (Å²) in [6.07, 6.45) is 0. The van der Waals surface area contributed by atoms with Gasteiger partial charge in [-0.15, -0.1) is 0 Å². The summed E-state index contributed by atoms with van der Waals surface area (Å²) >= 11 is 0. The molecule has 60 heavy (non-hydrogen) atoms. The van der Waals surface area contributed by atoms with Crippen LogP contribution in [-0.2, 0) is 5.41 Å². The molecule has 0 unspecified atom stereocenters. The summed E-state index contributed by atoms with van der Waals surface area (Å²) in [7, 11) is 0. The van der Waals surface area contributed by atoms with Crippen molar-refractivity contribution in [1.29, 1.82) is 0 Å². The van der Waals surface area contributed by atoms with Gasteiger partial charge in [0.15, 0.2) is 17.5 Å². The van der Waals surface area contributed by atoms with Gasteiger partial charge in [-0.05, 0) is 79.5 Å². The van der Waals surface area contributed by atoms with Crippen LogP contribution in [0.3, 0.4) is 0 Å². The maximum absolute atomic E-state index is 6.74. The standard InChI is InChI=1S/C56H35N3O/c1-3-16-37(17-4-1)53-57-54(40-28-27-36-15-7-8-18-38(36)33-40)59-55(58-53)47-24-10-9-21-43(47)39-29-32-51-48(34-39)46-31-30-42(35-52(46)60-51)56(41-19-5-2-6-20-41)49-25-13-11-22-44(49)45-23-12-14-26-50(45)56/h1-35H. The Hall–Kier alpha value is -7.95. The summed E-state index contributed by atoms with van der Waals surface area (Å²) in [5, 5.41) is 4.44. The predicted octanol–water partition coefficient (Wildman–Crippen LogP) is 14.0. The molecule has 0 saturated heterocycles. The van der Waals surface area contributed by atoms with Crippen molar-refractivity contribution in [2.24, 2.45) is 0 Å². The van der Waals surface area contributed by atoms with Crippen molar-refractivity contribution >= 4 is 32.7 Å². The first-order chi connectivity index (χ1) is 29.7. The summed E-state index contributed by atoms with van der Waals surface area (Å²) in [5.41, 5.74) is 13.6. The van der Waals surface area contributed by atoms with Crippen LogP contribution in [0.2, 0.25) is 0 Å². The number of furan rings is 1. The molecule has 0 radical (unpaired) electrons. The fourth-order valence-electron chi connectivity index (χ4n) is 9.49. The normalized spacial score (nSPS) is 12.8. The first kappa shape index (κ1) is 34.1. The number of benzene rings is 9. The van der Waals surface area contributed by atoms with Crippen LogP contribution >= 0.6 is 0 Å². The highest BCUT2D eigenvalue weighted by Crippen LogP contribution is 2.56. The van der Waals surface area contributed by atoms with Gasteiger partial charge in [0.25, 0.3) is 0 Å². The third-order valence-corrected chi connectivity index (χ3v) is 12.2. The summed E-state index contributed by atoms with van der Waals surface area (Å²) in [4.78, 5) is 15.3. The maximum atomic E-state index is 6.74. The molecule has 0 bridgehead atoms. The van der Waals surface area contributed by atoms with Gasteiger partial charge >= 0.3 is 0 Å². The average molecular weight is 766 g/mol. The molecule has 0 amide bonds. The highest BCUT2D eigenvalue weighted by molar-refractivity contribution is 6.07. The van der Waals surface area contributed by atoms with Gasteiger partial charge < -0.3 is 4.42 Å². The summed E-state index contributed by atoms with van der Waals surface area (Å²) in [6, 6.07) is 75.1. The summed E-state index contributed by atoms with van der Waals surface area (Å²) < 4.78 is 6.74. The second kappa shape index (κ2) is 13.6. The van der Waals surface area contributed by atoms with Crippen molar-refractivity contribution in [2.75, 3.05) is 0 Å². The van der Waals surface area contributed by atoms with Gasteiger partial charge in [0.2, 0.25) is 0 Å². The number of hydrogen-bond donors (Lipinski definition) is 0. The van der Waals surface area contributed by atoms with Crippen LogP contribution in [0.5, 0.6) is 0 Å². The Morgan fingerprint density at radius 1 is 0.317 bits per heavy atom. The van der Waals surface area contributed by atoms with Crippen molar-refractivity contribution in [3.8, 4) is 56.4 Å². The van der Waals surface area contributed by atoms with E-state index in [2.05, 4.69) is 182 Å². The fourth-order valence-corrected chi connectivity index (χ4v) is 9.49. The van der Waals surface area contributed by atoms with Gasteiger partial charge in [-0.25, -0.2) is 15.0 Å². The Balaban J connectivity index is 1.01. The Bertz CT molecular complexity index is 3400. The molecule has 0 fully saturated rings. The SMILES string of the molecule is c1ccc(-c2nc(-c3ccc4ccccc4c3)nc(-c3ccccc3-c3ccc4oc5cc(C6(c7ccccc7)c7ccccc7-c7ccccc76)ccc5c4c3)n2)cc1. The fraction of sp³-hybridized carbons (Fsp3) is 0.0179. The number of nitrogens with zero attached hydrogens (tertiary/aromatic N) is 3. The first-order valence-corrected chi connectivity index (χ1v) is 20.3. The largest absolute Gasteiger partial charge is 0.456 e. The zero-order valence-electron chi connectivity index (χ0n) is 32.5. The summed E-state index contributed by atoms with van der Waals surface area (Å²) in [6.45, 7) is 0. The maximum Gasteiger partial charge on any atom is 0.164 e. The van der Waals surface area contributed by atoms with Gasteiger partial charge in [0, 0.05) is 27.5 Å². The topological polar surface area (TPSA) is 51.8 Å². The number of hydrogen-bond acceptors (Lipinski definition) is 4. The Kier molecular flexibility index (Phi) is 7.72. The van der Waals surface area contributed by atoms with Crippen LogP contribution in [0.15, 0.2) is 217 Å². The zero-order valence-corrected chi connectivity index (χ0v) is 32.5. The molecule has 4 nitrogen and oxygen atoms in total. The van der Waals surface area contributed by atoms with Crippen molar-refractivity contribution in [1.82, 2.24) is 15.0 Å². The van der Waals surface area contributed by atoms with E-state index in [1.165, 1.54) is 38.8 Å². The smallest absolute Gasteiger partial charge is 0.164 e. The molecule has 280 valence electrons. The molecule has 0 saturated carbocycles. The molecule has 0 spiro atoms. The molecule has 0 N–H and O–H groups in total. The van der Waals surface area contributed by atoms with Crippen LogP contribution in [-0.4, -0.2) is 15.0 Å². The molecule has 1 aliphatic rings. The molecule has 12 rings (SSSR count). The van der Waals surface area contributed by atoms with E-state index in [4.69, 9.17) is 19.4 Å². The Morgan fingerprint density at radius 2 is 0.900 bits per heavy atom. The second-order valence-corrected chi connectivity index (χ2v) is 15.5. The molecule has 11 aromatic rings. The highest BCUT2D eigenvalue weighted by atomic mass is 16.3. The molecule has 1 aliphatic carbocycles. The number of rotatable bonds is 6. The minimum Gasteiger partial charge on any atom is -0.456 e. The van der Waals surface area contributed by atoms with E-state index in [0.29, 0.717) is 17.5 Å². The minimum absolute atomic E-state index is 0.499. The molecule has 4 heteroatoms. The van der Waals surface area contributed by atoms with Crippen molar-refractivity contribution in [3.63, 3.8) is 0 Å². The lowest BCUT2D eigenvalue weighted by atomic mass is 9.67. The van der Waals surface area contributed by atoms with E-state index < -0.39 is 5.41 Å². The van der Waals surface area contributed by atoms with Gasteiger partial charge in [0.05, 0.1) is 5.41 Å². The monoisotopic (exact) mass is 765 g/mol. The molecule has 9 aromatic carbocycles. The first-order valence-electron chi connectivity index (χ1n) is 20.3. The van der Waals surface area contributed by atoms with Crippen molar-refractivity contribution in [2.45, 2.75) is 5.41 Å². The molecule has 2 heterocycles. The van der Waals surface area contributed by atoms with E-state index in [-0.39, 0.29) is 0 Å². The lowest BCUT2D eigenvalue weighted by Gasteiger charge is -2.33. The third-order valence-electron chi connectivity index (χ3n) is 12.2. The average Bonchev–Trinajstić information content (AvgIpc) is 3.85. The number of fused-ring (bicyclic) bond motifs is 7.